The SMILES string of the molecule is COc1ccc(N(CCc2ccc(C(F)(F)F)cc2)C(=O)Cc2cccc(Cl)c2)cc1OC.COc1ccc(NCCc2ccc(C(F)(F)F)cc2)cc1OC. The van der Waals surface area contributed by atoms with Gasteiger partial charge in [-0.25, -0.2) is 0 Å². The molecule has 7 nitrogen and oxygen atoms in total. The highest BCUT2D eigenvalue weighted by molar-refractivity contribution is 6.30. The Hall–Kier alpha value is -5.56. The number of rotatable bonds is 14. The highest BCUT2D eigenvalue weighted by Crippen LogP contribution is 2.34. The molecule has 1 amide bonds. The van der Waals surface area contributed by atoms with E-state index in [0.29, 0.717) is 58.7 Å². The Morgan fingerprint density at radius 1 is 0.607 bits per heavy atom. The summed E-state index contributed by atoms with van der Waals surface area (Å²) in [5, 5.41) is 3.74. The van der Waals surface area contributed by atoms with Crippen LogP contribution in [0.5, 0.6) is 23.0 Å². The highest BCUT2D eigenvalue weighted by Gasteiger charge is 2.30. The van der Waals surface area contributed by atoms with Crippen LogP contribution in [0.1, 0.15) is 27.8 Å². The lowest BCUT2D eigenvalue weighted by atomic mass is 10.1. The maximum Gasteiger partial charge on any atom is 0.416 e. The Morgan fingerprint density at radius 2 is 1.12 bits per heavy atom. The minimum Gasteiger partial charge on any atom is -0.493 e. The molecule has 0 spiro atoms. The number of hydrogen-bond acceptors (Lipinski definition) is 6. The molecular formula is C42H41ClF6N2O5. The summed E-state index contributed by atoms with van der Waals surface area (Å²) in [4.78, 5) is 14.8. The van der Waals surface area contributed by atoms with E-state index >= 15 is 0 Å². The van der Waals surface area contributed by atoms with Gasteiger partial charge in [0.05, 0.1) is 46.0 Å². The number of anilines is 2. The van der Waals surface area contributed by atoms with Crippen molar-refractivity contribution in [2.75, 3.05) is 51.7 Å². The van der Waals surface area contributed by atoms with Gasteiger partial charge < -0.3 is 29.2 Å². The molecule has 0 heterocycles. The zero-order valence-electron chi connectivity index (χ0n) is 31.1. The van der Waals surface area contributed by atoms with Crippen molar-refractivity contribution in [1.82, 2.24) is 0 Å². The van der Waals surface area contributed by atoms with Gasteiger partial charge in [-0.15, -0.1) is 0 Å². The van der Waals surface area contributed by atoms with Crippen molar-refractivity contribution in [3.63, 3.8) is 0 Å². The molecule has 5 rings (SSSR count). The highest BCUT2D eigenvalue weighted by atomic mass is 35.5. The molecule has 0 aliphatic heterocycles. The number of carbonyl (C=O) groups is 1. The van der Waals surface area contributed by atoms with Crippen molar-refractivity contribution >= 4 is 28.9 Å². The van der Waals surface area contributed by atoms with Gasteiger partial charge in [-0.2, -0.15) is 26.3 Å². The first kappa shape index (κ1) is 43.2. The number of halogens is 7. The lowest BCUT2D eigenvalue weighted by Gasteiger charge is -2.24. The average Bonchev–Trinajstić information content (AvgIpc) is 3.17. The number of carbonyl (C=O) groups excluding carboxylic acids is 1. The van der Waals surface area contributed by atoms with E-state index in [1.165, 1.54) is 38.5 Å². The standard InChI is InChI=1S/C25H23ClF3NO3.C17H18F3NO2/c1-32-22-11-10-21(16-23(22)33-2)30(24(31)15-18-4-3-5-20(26)14-18)13-12-17-6-8-19(9-7-17)25(27,28)29;1-22-15-8-7-14(11-16(15)23-2)21-10-9-12-3-5-13(6-4-12)17(18,19)20/h3-11,14,16H,12-13,15H2,1-2H3;3-8,11,21H,9-10H2,1-2H3. The molecule has 0 aromatic heterocycles. The Kier molecular flexibility index (Phi) is 15.3. The fraction of sp³-hybridized carbons (Fsp3) is 0.262. The Morgan fingerprint density at radius 3 is 1.64 bits per heavy atom. The minimum absolute atomic E-state index is 0.113. The topological polar surface area (TPSA) is 69.3 Å². The van der Waals surface area contributed by atoms with Crippen LogP contribution in [0.15, 0.2) is 109 Å². The van der Waals surface area contributed by atoms with E-state index in [-0.39, 0.29) is 18.9 Å². The molecule has 5 aromatic carbocycles. The van der Waals surface area contributed by atoms with Crippen LogP contribution in [0.2, 0.25) is 5.02 Å². The van der Waals surface area contributed by atoms with Crippen molar-refractivity contribution in [3.8, 4) is 23.0 Å². The van der Waals surface area contributed by atoms with Gasteiger partial charge in [0.2, 0.25) is 5.91 Å². The van der Waals surface area contributed by atoms with E-state index in [2.05, 4.69) is 5.32 Å². The number of amides is 1. The number of benzene rings is 5. The summed E-state index contributed by atoms with van der Waals surface area (Å²) >= 11 is 6.05. The summed E-state index contributed by atoms with van der Waals surface area (Å²) in [5.41, 5.74) is 2.39. The van der Waals surface area contributed by atoms with Gasteiger partial charge in [0.25, 0.3) is 0 Å². The predicted octanol–water partition coefficient (Wildman–Crippen LogP) is 10.6. The second-order valence-corrected chi connectivity index (χ2v) is 12.7. The molecular weight excluding hydrogens is 762 g/mol. The average molecular weight is 803 g/mol. The molecule has 0 radical (unpaired) electrons. The molecule has 1 N–H and O–H groups in total. The summed E-state index contributed by atoms with van der Waals surface area (Å²) in [6.45, 7) is 0.862. The molecule has 0 bridgehead atoms. The Bertz CT molecular complexity index is 2020. The summed E-state index contributed by atoms with van der Waals surface area (Å²) in [5.74, 6) is 2.06. The third-order valence-corrected chi connectivity index (χ3v) is 8.77. The van der Waals surface area contributed by atoms with Crippen molar-refractivity contribution in [2.45, 2.75) is 31.6 Å². The molecule has 0 aliphatic carbocycles. The molecule has 0 fully saturated rings. The van der Waals surface area contributed by atoms with E-state index in [0.717, 1.165) is 41.1 Å². The second-order valence-electron chi connectivity index (χ2n) is 12.3. The minimum atomic E-state index is -4.39. The summed E-state index contributed by atoms with van der Waals surface area (Å²) in [6.07, 6.45) is -7.59. The number of methoxy groups -OCH3 is 4. The molecule has 56 heavy (non-hydrogen) atoms. The van der Waals surface area contributed by atoms with Crippen molar-refractivity contribution < 1.29 is 50.1 Å². The molecule has 0 unspecified atom stereocenters. The summed E-state index contributed by atoms with van der Waals surface area (Å²) < 4.78 is 97.0. The Balaban J connectivity index is 0.000000265. The smallest absolute Gasteiger partial charge is 0.416 e. The second kappa shape index (κ2) is 19.9. The quantitative estimate of drug-likeness (QED) is 0.113. The van der Waals surface area contributed by atoms with Crippen molar-refractivity contribution in [2.24, 2.45) is 0 Å². The van der Waals surface area contributed by atoms with Crippen LogP contribution >= 0.6 is 11.6 Å². The molecule has 14 heteroatoms. The molecule has 0 saturated heterocycles. The molecule has 0 saturated carbocycles. The van der Waals surface area contributed by atoms with E-state index in [1.54, 1.807) is 61.6 Å². The van der Waals surface area contributed by atoms with Gasteiger partial charge in [-0.3, -0.25) is 4.79 Å². The summed E-state index contributed by atoms with van der Waals surface area (Å²) in [6, 6.07) is 27.8. The van der Waals surface area contributed by atoms with Gasteiger partial charge >= 0.3 is 12.4 Å². The fourth-order valence-corrected chi connectivity index (χ4v) is 5.78. The van der Waals surface area contributed by atoms with Crippen LogP contribution in [0.3, 0.4) is 0 Å². The fourth-order valence-electron chi connectivity index (χ4n) is 5.57. The van der Waals surface area contributed by atoms with Crippen LogP contribution in [0, 0.1) is 0 Å². The maximum atomic E-state index is 13.2. The predicted molar refractivity (Wildman–Crippen MR) is 205 cm³/mol. The van der Waals surface area contributed by atoms with Gasteiger partial charge in [-0.05, 0) is 90.2 Å². The largest absolute Gasteiger partial charge is 0.493 e. The first-order chi connectivity index (χ1) is 26.6. The molecule has 298 valence electrons. The normalized spacial score (nSPS) is 11.2. The molecule has 0 atom stereocenters. The Labute approximate surface area is 326 Å². The summed E-state index contributed by atoms with van der Waals surface area (Å²) in [7, 11) is 6.14. The zero-order valence-corrected chi connectivity index (χ0v) is 31.8. The van der Waals surface area contributed by atoms with E-state index in [4.69, 9.17) is 30.5 Å². The van der Waals surface area contributed by atoms with Gasteiger partial charge in [-0.1, -0.05) is 48.0 Å². The lowest BCUT2D eigenvalue weighted by molar-refractivity contribution is -0.138. The monoisotopic (exact) mass is 802 g/mol. The number of nitrogens with one attached hydrogen (secondary N) is 1. The van der Waals surface area contributed by atoms with Crippen molar-refractivity contribution in [3.05, 3.63) is 142 Å². The number of hydrogen-bond donors (Lipinski definition) is 1. The number of alkyl halides is 6. The first-order valence-corrected chi connectivity index (χ1v) is 17.6. The number of nitrogens with zero attached hydrogens (tertiary/aromatic N) is 1. The van der Waals surface area contributed by atoms with Gasteiger partial charge in [0.15, 0.2) is 23.0 Å². The number of ether oxygens (including phenoxy) is 4. The first-order valence-electron chi connectivity index (χ1n) is 17.2. The van der Waals surface area contributed by atoms with Crippen molar-refractivity contribution in [1.29, 1.82) is 0 Å². The lowest BCUT2D eigenvalue weighted by Crippen LogP contribution is -2.34. The van der Waals surface area contributed by atoms with Gasteiger partial charge in [0.1, 0.15) is 0 Å². The van der Waals surface area contributed by atoms with Crippen LogP contribution < -0.4 is 29.2 Å². The van der Waals surface area contributed by atoms with E-state index in [9.17, 15) is 31.1 Å². The van der Waals surface area contributed by atoms with E-state index < -0.39 is 23.5 Å². The van der Waals surface area contributed by atoms with Gasteiger partial charge in [0, 0.05) is 41.6 Å². The van der Waals surface area contributed by atoms with Crippen LogP contribution in [-0.2, 0) is 36.4 Å². The molecule has 0 aliphatic rings. The van der Waals surface area contributed by atoms with E-state index in [1.807, 2.05) is 18.2 Å². The van der Waals surface area contributed by atoms with Crippen LogP contribution in [-0.4, -0.2) is 47.4 Å². The molecule has 5 aromatic rings. The van der Waals surface area contributed by atoms with Crippen LogP contribution in [0.25, 0.3) is 0 Å². The zero-order chi connectivity index (χ0) is 40.9. The third kappa shape index (κ3) is 12.5. The third-order valence-electron chi connectivity index (χ3n) is 8.54. The van der Waals surface area contributed by atoms with Crippen LogP contribution in [0.4, 0.5) is 37.7 Å². The maximum absolute atomic E-state index is 13.2.